The standard InChI is InChI=1S/C13H15Cl2NO2.ClH/c1-8(17)18-12-2-3-16-13(7-12)9-4-10(14)6-11(15)5-9;/h4-6,12-13,16H,2-3,7H2,1H3;1H. The van der Waals surface area contributed by atoms with Crippen molar-refractivity contribution in [2.75, 3.05) is 6.54 Å². The van der Waals surface area contributed by atoms with Crippen molar-refractivity contribution in [3.8, 4) is 0 Å². The molecule has 2 atom stereocenters. The van der Waals surface area contributed by atoms with Crippen LogP contribution in [0.5, 0.6) is 0 Å². The van der Waals surface area contributed by atoms with Crippen LogP contribution < -0.4 is 5.32 Å². The molecule has 0 spiro atoms. The van der Waals surface area contributed by atoms with Gasteiger partial charge in [0.2, 0.25) is 0 Å². The summed E-state index contributed by atoms with van der Waals surface area (Å²) in [6.45, 7) is 2.25. The molecule has 1 aliphatic rings. The average Bonchev–Trinajstić information content (AvgIpc) is 2.27. The maximum absolute atomic E-state index is 11.0. The highest BCUT2D eigenvalue weighted by Gasteiger charge is 2.25. The van der Waals surface area contributed by atoms with Crippen molar-refractivity contribution >= 4 is 41.6 Å². The molecule has 1 heterocycles. The first-order chi connectivity index (χ1) is 8.54. The molecule has 1 fully saturated rings. The Kier molecular flexibility index (Phi) is 6.40. The topological polar surface area (TPSA) is 38.3 Å². The van der Waals surface area contributed by atoms with Crippen LogP contribution in [0, 0.1) is 0 Å². The van der Waals surface area contributed by atoms with Gasteiger partial charge in [0.05, 0.1) is 0 Å². The highest BCUT2D eigenvalue weighted by Crippen LogP contribution is 2.29. The molecule has 0 aromatic heterocycles. The first-order valence-corrected chi connectivity index (χ1v) is 6.67. The van der Waals surface area contributed by atoms with Gasteiger partial charge in [-0.2, -0.15) is 0 Å². The van der Waals surface area contributed by atoms with Crippen LogP contribution in [0.4, 0.5) is 0 Å². The van der Waals surface area contributed by atoms with Crippen LogP contribution in [-0.4, -0.2) is 18.6 Å². The molecule has 3 nitrogen and oxygen atoms in total. The lowest BCUT2D eigenvalue weighted by atomic mass is 9.95. The third-order valence-electron chi connectivity index (χ3n) is 2.98. The Morgan fingerprint density at radius 3 is 2.53 bits per heavy atom. The SMILES string of the molecule is CC(=O)OC1CCNC(c2cc(Cl)cc(Cl)c2)C1.Cl. The van der Waals surface area contributed by atoms with E-state index in [0.29, 0.717) is 10.0 Å². The van der Waals surface area contributed by atoms with Gasteiger partial charge in [0.25, 0.3) is 0 Å². The van der Waals surface area contributed by atoms with Crippen molar-refractivity contribution in [2.24, 2.45) is 0 Å². The Morgan fingerprint density at radius 1 is 1.32 bits per heavy atom. The Hall–Kier alpha value is -0.480. The summed E-state index contributed by atoms with van der Waals surface area (Å²) in [7, 11) is 0. The molecule has 1 aromatic carbocycles. The zero-order chi connectivity index (χ0) is 13.1. The fraction of sp³-hybridized carbons (Fsp3) is 0.462. The number of hydrogen-bond donors (Lipinski definition) is 1. The van der Waals surface area contributed by atoms with Gasteiger partial charge in [0.15, 0.2) is 0 Å². The van der Waals surface area contributed by atoms with E-state index in [1.54, 1.807) is 6.07 Å². The molecule has 2 unspecified atom stereocenters. The third-order valence-corrected chi connectivity index (χ3v) is 3.41. The van der Waals surface area contributed by atoms with Gasteiger partial charge in [-0.1, -0.05) is 23.2 Å². The molecular formula is C13H16Cl3NO2. The van der Waals surface area contributed by atoms with Crippen LogP contribution in [0.15, 0.2) is 18.2 Å². The number of nitrogens with one attached hydrogen (secondary N) is 1. The summed E-state index contributed by atoms with van der Waals surface area (Å²) in [5, 5.41) is 4.62. The number of carbonyl (C=O) groups excluding carboxylic acids is 1. The van der Waals surface area contributed by atoms with Crippen LogP contribution in [-0.2, 0) is 9.53 Å². The Labute approximate surface area is 129 Å². The van der Waals surface area contributed by atoms with Gasteiger partial charge in [-0.05, 0) is 36.7 Å². The van der Waals surface area contributed by atoms with Gasteiger partial charge in [0, 0.05) is 29.4 Å². The van der Waals surface area contributed by atoms with E-state index in [4.69, 9.17) is 27.9 Å². The van der Waals surface area contributed by atoms with Gasteiger partial charge < -0.3 is 10.1 Å². The van der Waals surface area contributed by atoms with Gasteiger partial charge >= 0.3 is 5.97 Å². The van der Waals surface area contributed by atoms with Crippen molar-refractivity contribution in [3.63, 3.8) is 0 Å². The van der Waals surface area contributed by atoms with E-state index in [2.05, 4.69) is 5.32 Å². The van der Waals surface area contributed by atoms with Crippen LogP contribution in [0.2, 0.25) is 10.0 Å². The summed E-state index contributed by atoms with van der Waals surface area (Å²) in [6.07, 6.45) is 1.55. The van der Waals surface area contributed by atoms with Crippen molar-refractivity contribution in [1.82, 2.24) is 5.32 Å². The summed E-state index contributed by atoms with van der Waals surface area (Å²) in [5.41, 5.74) is 1.03. The molecule has 1 N–H and O–H groups in total. The minimum Gasteiger partial charge on any atom is -0.462 e. The lowest BCUT2D eigenvalue weighted by Crippen LogP contribution is -2.36. The van der Waals surface area contributed by atoms with E-state index in [0.717, 1.165) is 24.9 Å². The number of piperidine rings is 1. The zero-order valence-corrected chi connectivity index (χ0v) is 12.8. The predicted octanol–water partition coefficient (Wildman–Crippen LogP) is 3.77. The smallest absolute Gasteiger partial charge is 0.302 e. The van der Waals surface area contributed by atoms with E-state index in [9.17, 15) is 4.79 Å². The lowest BCUT2D eigenvalue weighted by molar-refractivity contribution is -0.147. The molecule has 0 bridgehead atoms. The number of carbonyl (C=O) groups is 1. The van der Waals surface area contributed by atoms with Crippen LogP contribution in [0.25, 0.3) is 0 Å². The summed E-state index contributed by atoms with van der Waals surface area (Å²) < 4.78 is 5.26. The third kappa shape index (κ3) is 4.84. The molecule has 1 aliphatic heterocycles. The second-order valence-electron chi connectivity index (χ2n) is 4.47. The molecule has 0 radical (unpaired) electrons. The second kappa shape index (κ2) is 7.34. The Bertz CT molecular complexity index is 433. The molecule has 106 valence electrons. The molecule has 0 amide bonds. The minimum atomic E-state index is -0.232. The van der Waals surface area contributed by atoms with E-state index in [1.165, 1.54) is 6.92 Å². The van der Waals surface area contributed by atoms with E-state index in [1.807, 2.05) is 12.1 Å². The van der Waals surface area contributed by atoms with E-state index < -0.39 is 0 Å². The van der Waals surface area contributed by atoms with E-state index in [-0.39, 0.29) is 30.5 Å². The molecule has 1 saturated heterocycles. The second-order valence-corrected chi connectivity index (χ2v) is 5.34. The number of hydrogen-bond acceptors (Lipinski definition) is 3. The summed E-state index contributed by atoms with van der Waals surface area (Å²) >= 11 is 12.0. The maximum Gasteiger partial charge on any atom is 0.302 e. The fourth-order valence-electron chi connectivity index (χ4n) is 2.25. The Balaban J connectivity index is 0.00000180. The molecular weight excluding hydrogens is 309 g/mol. The predicted molar refractivity (Wildman–Crippen MR) is 79.2 cm³/mol. The van der Waals surface area contributed by atoms with Crippen molar-refractivity contribution < 1.29 is 9.53 Å². The number of halogens is 3. The van der Waals surface area contributed by atoms with Crippen LogP contribution >= 0.6 is 35.6 Å². The highest BCUT2D eigenvalue weighted by atomic mass is 35.5. The zero-order valence-electron chi connectivity index (χ0n) is 10.5. The number of benzene rings is 1. The first-order valence-electron chi connectivity index (χ1n) is 5.91. The number of esters is 1. The Morgan fingerprint density at radius 2 is 1.95 bits per heavy atom. The molecule has 19 heavy (non-hydrogen) atoms. The van der Waals surface area contributed by atoms with Gasteiger partial charge in [-0.15, -0.1) is 12.4 Å². The van der Waals surface area contributed by atoms with Crippen LogP contribution in [0.1, 0.15) is 31.4 Å². The minimum absolute atomic E-state index is 0. The fourth-order valence-corrected chi connectivity index (χ4v) is 2.80. The van der Waals surface area contributed by atoms with Gasteiger partial charge in [-0.3, -0.25) is 4.79 Å². The monoisotopic (exact) mass is 323 g/mol. The van der Waals surface area contributed by atoms with Gasteiger partial charge in [0.1, 0.15) is 6.10 Å². The highest BCUT2D eigenvalue weighted by molar-refractivity contribution is 6.34. The summed E-state index contributed by atoms with van der Waals surface area (Å²) in [4.78, 5) is 11.0. The number of rotatable bonds is 2. The summed E-state index contributed by atoms with van der Waals surface area (Å²) in [5.74, 6) is -0.232. The largest absolute Gasteiger partial charge is 0.462 e. The van der Waals surface area contributed by atoms with Crippen molar-refractivity contribution in [1.29, 1.82) is 0 Å². The number of ether oxygens (including phenoxy) is 1. The lowest BCUT2D eigenvalue weighted by Gasteiger charge is -2.30. The molecule has 0 aliphatic carbocycles. The van der Waals surface area contributed by atoms with Crippen molar-refractivity contribution in [2.45, 2.75) is 31.9 Å². The van der Waals surface area contributed by atoms with Crippen LogP contribution in [0.3, 0.4) is 0 Å². The normalized spacial score (nSPS) is 22.5. The molecule has 0 saturated carbocycles. The van der Waals surface area contributed by atoms with E-state index >= 15 is 0 Å². The maximum atomic E-state index is 11.0. The first kappa shape index (κ1) is 16.6. The molecule has 1 aromatic rings. The van der Waals surface area contributed by atoms with Gasteiger partial charge in [-0.25, -0.2) is 0 Å². The van der Waals surface area contributed by atoms with Crippen molar-refractivity contribution in [3.05, 3.63) is 33.8 Å². The molecule has 6 heteroatoms. The summed E-state index contributed by atoms with van der Waals surface area (Å²) in [6, 6.07) is 5.61. The quantitative estimate of drug-likeness (QED) is 0.842. The molecule has 2 rings (SSSR count). The average molecular weight is 325 g/mol.